The van der Waals surface area contributed by atoms with Gasteiger partial charge in [-0.15, -0.1) is 0 Å². The number of carbonyl (C=O) groups is 2. The van der Waals surface area contributed by atoms with Crippen molar-refractivity contribution < 1.29 is 14.3 Å². The summed E-state index contributed by atoms with van der Waals surface area (Å²) in [5.41, 5.74) is 2.06. The Labute approximate surface area is 170 Å². The first-order chi connectivity index (χ1) is 12.5. The fourth-order valence-electron chi connectivity index (χ4n) is 3.05. The van der Waals surface area contributed by atoms with Gasteiger partial charge in [-0.25, -0.2) is 0 Å². The SMILES string of the molecule is CCOCCCN1C(=O)/C(=C2/C(=O)N(CC)c3ccc(Br)cc32)SC1=S. The molecule has 5 nitrogen and oxygen atoms in total. The smallest absolute Gasteiger partial charge is 0.267 e. The predicted octanol–water partition coefficient (Wildman–Crippen LogP) is 3.81. The number of carbonyl (C=O) groups excluding carboxylic acids is 2. The molecule has 0 aliphatic carbocycles. The molecule has 26 heavy (non-hydrogen) atoms. The second-order valence-corrected chi connectivity index (χ2v) is 8.35. The Morgan fingerprint density at radius 2 is 1.96 bits per heavy atom. The number of fused-ring (bicyclic) bond motifs is 1. The Kier molecular flexibility index (Phi) is 6.17. The van der Waals surface area contributed by atoms with Crippen molar-refractivity contribution in [3.8, 4) is 0 Å². The summed E-state index contributed by atoms with van der Waals surface area (Å²) in [6.07, 6.45) is 0.708. The molecule has 0 unspecified atom stereocenters. The maximum Gasteiger partial charge on any atom is 0.267 e. The second-order valence-electron chi connectivity index (χ2n) is 5.79. The highest BCUT2D eigenvalue weighted by Crippen LogP contribution is 2.45. The Balaban J connectivity index is 1.95. The summed E-state index contributed by atoms with van der Waals surface area (Å²) < 4.78 is 6.69. The van der Waals surface area contributed by atoms with Gasteiger partial charge in [0.15, 0.2) is 0 Å². The molecule has 2 aliphatic rings. The molecule has 1 aromatic rings. The van der Waals surface area contributed by atoms with Crippen molar-refractivity contribution in [1.82, 2.24) is 4.90 Å². The summed E-state index contributed by atoms with van der Waals surface area (Å²) >= 11 is 10.1. The Hall–Kier alpha value is -1.22. The van der Waals surface area contributed by atoms with Crippen LogP contribution in [0.4, 0.5) is 5.69 Å². The average molecular weight is 455 g/mol. The first-order valence-corrected chi connectivity index (χ1v) is 10.5. The lowest BCUT2D eigenvalue weighted by Gasteiger charge is -2.14. The second kappa shape index (κ2) is 8.21. The van der Waals surface area contributed by atoms with Gasteiger partial charge in [0.2, 0.25) is 0 Å². The number of likely N-dealkylation sites (N-methyl/N-ethyl adjacent to an activating group) is 1. The highest BCUT2D eigenvalue weighted by molar-refractivity contribution is 9.10. The minimum absolute atomic E-state index is 0.143. The van der Waals surface area contributed by atoms with Crippen LogP contribution in [0.25, 0.3) is 5.57 Å². The molecule has 0 saturated carbocycles. The van der Waals surface area contributed by atoms with Crippen LogP contribution in [0.5, 0.6) is 0 Å². The predicted molar refractivity (Wildman–Crippen MR) is 112 cm³/mol. The lowest BCUT2D eigenvalue weighted by molar-refractivity contribution is -0.122. The molecule has 138 valence electrons. The molecule has 0 radical (unpaired) electrons. The molecule has 1 aromatic carbocycles. The van der Waals surface area contributed by atoms with Gasteiger partial charge in [-0.1, -0.05) is 39.9 Å². The number of amides is 2. The van der Waals surface area contributed by atoms with E-state index in [4.69, 9.17) is 17.0 Å². The number of thioether (sulfide) groups is 1. The van der Waals surface area contributed by atoms with Gasteiger partial charge in [-0.2, -0.15) is 0 Å². The number of rotatable bonds is 6. The van der Waals surface area contributed by atoms with Gasteiger partial charge in [0, 0.05) is 36.3 Å². The quantitative estimate of drug-likeness (QED) is 0.371. The Morgan fingerprint density at radius 1 is 1.19 bits per heavy atom. The van der Waals surface area contributed by atoms with Gasteiger partial charge >= 0.3 is 0 Å². The highest BCUT2D eigenvalue weighted by Gasteiger charge is 2.41. The molecule has 0 N–H and O–H groups in total. The number of nitrogens with zero attached hydrogens (tertiary/aromatic N) is 2. The van der Waals surface area contributed by atoms with Crippen LogP contribution in [-0.2, 0) is 14.3 Å². The van der Waals surface area contributed by atoms with Crippen molar-refractivity contribution in [2.45, 2.75) is 20.3 Å². The van der Waals surface area contributed by atoms with Gasteiger partial charge < -0.3 is 9.64 Å². The normalized spacial score (nSPS) is 19.7. The molecule has 0 bridgehead atoms. The van der Waals surface area contributed by atoms with Crippen LogP contribution in [0.3, 0.4) is 0 Å². The van der Waals surface area contributed by atoms with Crippen molar-refractivity contribution in [1.29, 1.82) is 0 Å². The van der Waals surface area contributed by atoms with E-state index in [-0.39, 0.29) is 11.8 Å². The molecule has 8 heteroatoms. The van der Waals surface area contributed by atoms with Gasteiger partial charge in [-0.05, 0) is 38.5 Å². The molecule has 2 aliphatic heterocycles. The summed E-state index contributed by atoms with van der Waals surface area (Å²) in [5.74, 6) is -0.334. The van der Waals surface area contributed by atoms with Gasteiger partial charge in [0.1, 0.15) is 4.32 Å². The van der Waals surface area contributed by atoms with Crippen molar-refractivity contribution in [2.24, 2.45) is 0 Å². The molecule has 0 spiro atoms. The molecule has 2 amide bonds. The molecular weight excluding hydrogens is 436 g/mol. The minimum atomic E-state index is -0.191. The van der Waals surface area contributed by atoms with Crippen LogP contribution in [0.15, 0.2) is 27.6 Å². The van der Waals surface area contributed by atoms with E-state index in [0.717, 1.165) is 15.7 Å². The number of anilines is 1. The maximum atomic E-state index is 13.0. The van der Waals surface area contributed by atoms with Crippen molar-refractivity contribution in [2.75, 3.05) is 31.2 Å². The number of ether oxygens (including phenoxy) is 1. The molecule has 2 heterocycles. The van der Waals surface area contributed by atoms with E-state index >= 15 is 0 Å². The lowest BCUT2D eigenvalue weighted by Crippen LogP contribution is -2.30. The van der Waals surface area contributed by atoms with E-state index in [1.54, 1.807) is 9.80 Å². The standard InChI is InChI=1S/C18H19BrN2O3S2/c1-3-20-13-7-6-11(19)10-12(13)14(16(20)22)15-17(23)21(18(25)26-15)8-5-9-24-4-2/h6-7,10H,3-5,8-9H2,1-2H3/b15-14-. The van der Waals surface area contributed by atoms with E-state index in [1.165, 1.54) is 11.8 Å². The largest absolute Gasteiger partial charge is 0.382 e. The molecular formula is C18H19BrN2O3S2. The lowest BCUT2D eigenvalue weighted by atomic mass is 10.1. The third kappa shape index (κ3) is 3.47. The molecule has 1 fully saturated rings. The van der Waals surface area contributed by atoms with Gasteiger partial charge in [0.25, 0.3) is 11.8 Å². The number of benzene rings is 1. The summed E-state index contributed by atoms with van der Waals surface area (Å²) in [4.78, 5) is 29.6. The monoisotopic (exact) mass is 454 g/mol. The first-order valence-electron chi connectivity index (χ1n) is 8.47. The summed E-state index contributed by atoms with van der Waals surface area (Å²) in [5, 5.41) is 0. The van der Waals surface area contributed by atoms with Crippen LogP contribution in [-0.4, -0.2) is 47.3 Å². The summed E-state index contributed by atoms with van der Waals surface area (Å²) in [6, 6.07) is 5.69. The van der Waals surface area contributed by atoms with Crippen molar-refractivity contribution in [3.63, 3.8) is 0 Å². The van der Waals surface area contributed by atoms with E-state index in [2.05, 4.69) is 15.9 Å². The minimum Gasteiger partial charge on any atom is -0.382 e. The van der Waals surface area contributed by atoms with Crippen LogP contribution in [0.1, 0.15) is 25.8 Å². The molecule has 3 rings (SSSR count). The third-order valence-electron chi connectivity index (χ3n) is 4.24. The summed E-state index contributed by atoms with van der Waals surface area (Å²) in [6.45, 7) is 6.13. The van der Waals surface area contributed by atoms with E-state index < -0.39 is 0 Å². The van der Waals surface area contributed by atoms with Crippen LogP contribution in [0.2, 0.25) is 0 Å². The topological polar surface area (TPSA) is 49.9 Å². The van der Waals surface area contributed by atoms with E-state index in [0.29, 0.717) is 47.5 Å². The number of thiocarbonyl (C=S) groups is 1. The Bertz CT molecular complexity index is 810. The summed E-state index contributed by atoms with van der Waals surface area (Å²) in [7, 11) is 0. The van der Waals surface area contributed by atoms with Crippen molar-refractivity contribution in [3.05, 3.63) is 33.1 Å². The zero-order valence-electron chi connectivity index (χ0n) is 14.6. The molecule has 0 atom stereocenters. The van der Waals surface area contributed by atoms with E-state index in [9.17, 15) is 9.59 Å². The van der Waals surface area contributed by atoms with Crippen LogP contribution >= 0.6 is 39.9 Å². The fraction of sp³-hybridized carbons (Fsp3) is 0.389. The van der Waals surface area contributed by atoms with Crippen LogP contribution in [0, 0.1) is 0 Å². The number of halogens is 1. The van der Waals surface area contributed by atoms with Gasteiger partial charge in [0.05, 0.1) is 16.2 Å². The average Bonchev–Trinajstić information content (AvgIpc) is 3.04. The zero-order valence-corrected chi connectivity index (χ0v) is 17.8. The molecule has 0 aromatic heterocycles. The zero-order chi connectivity index (χ0) is 18.8. The van der Waals surface area contributed by atoms with Crippen LogP contribution < -0.4 is 4.90 Å². The number of hydrogen-bond acceptors (Lipinski definition) is 5. The van der Waals surface area contributed by atoms with E-state index in [1.807, 2.05) is 32.0 Å². The fourth-order valence-corrected chi connectivity index (χ4v) is 4.79. The molecule has 1 saturated heterocycles. The highest BCUT2D eigenvalue weighted by atomic mass is 79.9. The third-order valence-corrected chi connectivity index (χ3v) is 6.19. The maximum absolute atomic E-state index is 13.0. The van der Waals surface area contributed by atoms with Crippen molar-refractivity contribution >= 4 is 67.3 Å². The number of hydrogen-bond donors (Lipinski definition) is 0. The first kappa shape index (κ1) is 19.5. The van der Waals surface area contributed by atoms with Gasteiger partial charge in [-0.3, -0.25) is 14.5 Å². The Morgan fingerprint density at radius 3 is 2.65 bits per heavy atom.